The second-order valence-corrected chi connectivity index (χ2v) is 4.92. The van der Waals surface area contributed by atoms with Crippen molar-refractivity contribution in [2.24, 2.45) is 0 Å². The van der Waals surface area contributed by atoms with Crippen LogP contribution in [0.15, 0.2) is 39.5 Å². The summed E-state index contributed by atoms with van der Waals surface area (Å²) in [6.45, 7) is 3.88. The lowest BCUT2D eigenvalue weighted by Gasteiger charge is -2.09. The maximum Gasteiger partial charge on any atom is 0.180 e. The van der Waals surface area contributed by atoms with Crippen LogP contribution in [-0.2, 0) is 0 Å². The number of ether oxygens (including phenoxy) is 1. The van der Waals surface area contributed by atoms with E-state index in [1.54, 1.807) is 13.4 Å². The SMILES string of the molecule is COc1ccc(C)cc1-c1c(N)noc1-c1coc(C)c1. The lowest BCUT2D eigenvalue weighted by atomic mass is 10.00. The molecule has 0 saturated heterocycles. The first-order valence-corrected chi connectivity index (χ1v) is 6.56. The molecule has 5 nitrogen and oxygen atoms in total. The van der Waals surface area contributed by atoms with E-state index >= 15 is 0 Å². The van der Waals surface area contributed by atoms with Gasteiger partial charge in [-0.3, -0.25) is 0 Å². The van der Waals surface area contributed by atoms with E-state index in [2.05, 4.69) is 5.16 Å². The molecule has 2 heterocycles. The average Bonchev–Trinajstić information content (AvgIpc) is 3.04. The van der Waals surface area contributed by atoms with E-state index in [0.717, 1.165) is 33.8 Å². The van der Waals surface area contributed by atoms with Crippen LogP contribution >= 0.6 is 0 Å². The van der Waals surface area contributed by atoms with Crippen LogP contribution in [0.25, 0.3) is 22.5 Å². The molecule has 5 heteroatoms. The van der Waals surface area contributed by atoms with Gasteiger partial charge in [-0.1, -0.05) is 16.8 Å². The second-order valence-electron chi connectivity index (χ2n) is 4.92. The molecule has 0 atom stereocenters. The van der Waals surface area contributed by atoms with Crippen molar-refractivity contribution in [2.45, 2.75) is 13.8 Å². The van der Waals surface area contributed by atoms with Crippen LogP contribution in [0.3, 0.4) is 0 Å². The van der Waals surface area contributed by atoms with Crippen LogP contribution < -0.4 is 10.5 Å². The largest absolute Gasteiger partial charge is 0.496 e. The minimum Gasteiger partial charge on any atom is -0.496 e. The number of furan rings is 1. The predicted molar refractivity (Wildman–Crippen MR) is 80.1 cm³/mol. The zero-order valence-corrected chi connectivity index (χ0v) is 12.1. The molecular weight excluding hydrogens is 268 g/mol. The van der Waals surface area contributed by atoms with Crippen molar-refractivity contribution >= 4 is 5.82 Å². The number of nitrogens with two attached hydrogens (primary N) is 1. The van der Waals surface area contributed by atoms with Gasteiger partial charge < -0.3 is 19.4 Å². The maximum atomic E-state index is 6.00. The summed E-state index contributed by atoms with van der Waals surface area (Å²) >= 11 is 0. The van der Waals surface area contributed by atoms with Crippen molar-refractivity contribution in [3.8, 4) is 28.2 Å². The van der Waals surface area contributed by atoms with Crippen LogP contribution in [0.2, 0.25) is 0 Å². The number of aromatic nitrogens is 1. The van der Waals surface area contributed by atoms with Gasteiger partial charge in [0.05, 0.1) is 18.2 Å². The number of methoxy groups -OCH3 is 1. The zero-order chi connectivity index (χ0) is 15.0. The third kappa shape index (κ3) is 2.27. The Morgan fingerprint density at radius 3 is 2.67 bits per heavy atom. The summed E-state index contributed by atoms with van der Waals surface area (Å²) in [5.74, 6) is 2.42. The smallest absolute Gasteiger partial charge is 0.180 e. The number of benzene rings is 1. The summed E-state index contributed by atoms with van der Waals surface area (Å²) in [7, 11) is 1.62. The monoisotopic (exact) mass is 284 g/mol. The van der Waals surface area contributed by atoms with E-state index in [1.807, 2.05) is 38.1 Å². The van der Waals surface area contributed by atoms with E-state index in [9.17, 15) is 0 Å². The van der Waals surface area contributed by atoms with Gasteiger partial charge in [-0.25, -0.2) is 0 Å². The van der Waals surface area contributed by atoms with Crippen LogP contribution in [0.1, 0.15) is 11.3 Å². The number of anilines is 1. The fourth-order valence-corrected chi connectivity index (χ4v) is 2.34. The van der Waals surface area contributed by atoms with Crippen LogP contribution in [0.4, 0.5) is 5.82 Å². The molecular formula is C16H16N2O3. The topological polar surface area (TPSA) is 74.4 Å². The fourth-order valence-electron chi connectivity index (χ4n) is 2.34. The normalized spacial score (nSPS) is 10.8. The Kier molecular flexibility index (Phi) is 3.17. The van der Waals surface area contributed by atoms with E-state index in [-0.39, 0.29) is 0 Å². The Hall–Kier alpha value is -2.69. The van der Waals surface area contributed by atoms with E-state index in [1.165, 1.54) is 0 Å². The second kappa shape index (κ2) is 5.01. The Morgan fingerprint density at radius 2 is 2.00 bits per heavy atom. The number of aryl methyl sites for hydroxylation is 2. The molecule has 3 aromatic rings. The third-order valence-electron chi connectivity index (χ3n) is 3.34. The number of nitrogen functional groups attached to an aromatic ring is 1. The molecule has 0 bridgehead atoms. The molecule has 2 N–H and O–H groups in total. The first-order chi connectivity index (χ1) is 10.1. The van der Waals surface area contributed by atoms with Crippen LogP contribution in [0.5, 0.6) is 5.75 Å². The Labute approximate surface area is 122 Å². The average molecular weight is 284 g/mol. The molecule has 3 rings (SSSR count). The van der Waals surface area contributed by atoms with Crippen LogP contribution in [0, 0.1) is 13.8 Å². The zero-order valence-electron chi connectivity index (χ0n) is 12.1. The standard InChI is InChI=1S/C16H16N2O3/c1-9-4-5-13(19-3)12(6-9)14-15(21-18-16(14)17)11-7-10(2)20-8-11/h4-8H,1-3H3,(H2,17,18). The molecule has 1 aromatic carbocycles. The molecule has 0 aliphatic heterocycles. The summed E-state index contributed by atoms with van der Waals surface area (Å²) in [5.41, 5.74) is 9.47. The number of hydrogen-bond donors (Lipinski definition) is 1. The van der Waals surface area contributed by atoms with Crippen molar-refractivity contribution in [1.82, 2.24) is 5.16 Å². The van der Waals surface area contributed by atoms with Crippen molar-refractivity contribution in [2.75, 3.05) is 12.8 Å². The molecule has 0 fully saturated rings. The summed E-state index contributed by atoms with van der Waals surface area (Å²) in [6, 6.07) is 7.76. The maximum absolute atomic E-state index is 6.00. The summed E-state index contributed by atoms with van der Waals surface area (Å²) < 4.78 is 16.2. The quantitative estimate of drug-likeness (QED) is 0.791. The van der Waals surface area contributed by atoms with Gasteiger partial charge in [-0.2, -0.15) is 0 Å². The molecule has 0 unspecified atom stereocenters. The van der Waals surface area contributed by atoms with Gasteiger partial charge in [0.15, 0.2) is 11.6 Å². The Balaban J connectivity index is 2.24. The minimum absolute atomic E-state index is 0.327. The number of hydrogen-bond acceptors (Lipinski definition) is 5. The first-order valence-electron chi connectivity index (χ1n) is 6.56. The van der Waals surface area contributed by atoms with Crippen molar-refractivity contribution in [3.05, 3.63) is 41.9 Å². The van der Waals surface area contributed by atoms with Gasteiger partial charge >= 0.3 is 0 Å². The molecule has 21 heavy (non-hydrogen) atoms. The Morgan fingerprint density at radius 1 is 1.19 bits per heavy atom. The van der Waals surface area contributed by atoms with Gasteiger partial charge in [0.25, 0.3) is 0 Å². The molecule has 0 spiro atoms. The number of nitrogens with zero attached hydrogens (tertiary/aromatic N) is 1. The van der Waals surface area contributed by atoms with Gasteiger partial charge in [-0.05, 0) is 32.0 Å². The summed E-state index contributed by atoms with van der Waals surface area (Å²) in [4.78, 5) is 0. The number of rotatable bonds is 3. The van der Waals surface area contributed by atoms with E-state index in [0.29, 0.717) is 11.6 Å². The molecule has 108 valence electrons. The van der Waals surface area contributed by atoms with Crippen LogP contribution in [-0.4, -0.2) is 12.3 Å². The highest BCUT2D eigenvalue weighted by Gasteiger charge is 2.22. The van der Waals surface area contributed by atoms with E-state index in [4.69, 9.17) is 19.4 Å². The molecule has 0 saturated carbocycles. The van der Waals surface area contributed by atoms with E-state index < -0.39 is 0 Å². The fraction of sp³-hybridized carbons (Fsp3) is 0.188. The highest BCUT2D eigenvalue weighted by molar-refractivity contribution is 5.89. The molecule has 2 aromatic heterocycles. The highest BCUT2D eigenvalue weighted by Crippen LogP contribution is 2.41. The van der Waals surface area contributed by atoms with Gasteiger partial charge in [-0.15, -0.1) is 0 Å². The van der Waals surface area contributed by atoms with Gasteiger partial charge in [0.2, 0.25) is 0 Å². The third-order valence-corrected chi connectivity index (χ3v) is 3.34. The molecule has 0 radical (unpaired) electrons. The van der Waals surface area contributed by atoms with Gasteiger partial charge in [0.1, 0.15) is 17.8 Å². The Bertz CT molecular complexity index is 787. The molecule has 0 aliphatic rings. The predicted octanol–water partition coefficient (Wildman–Crippen LogP) is 3.81. The van der Waals surface area contributed by atoms with Crippen molar-refractivity contribution in [1.29, 1.82) is 0 Å². The highest BCUT2D eigenvalue weighted by atomic mass is 16.5. The summed E-state index contributed by atoms with van der Waals surface area (Å²) in [6.07, 6.45) is 1.63. The van der Waals surface area contributed by atoms with Crippen molar-refractivity contribution < 1.29 is 13.7 Å². The lowest BCUT2D eigenvalue weighted by Crippen LogP contribution is -1.93. The molecule has 0 amide bonds. The minimum atomic E-state index is 0.327. The first kappa shape index (κ1) is 13.3. The lowest BCUT2D eigenvalue weighted by molar-refractivity contribution is 0.416. The van der Waals surface area contributed by atoms with Gasteiger partial charge in [0, 0.05) is 5.56 Å². The van der Waals surface area contributed by atoms with Crippen molar-refractivity contribution in [3.63, 3.8) is 0 Å². The summed E-state index contributed by atoms with van der Waals surface area (Å²) in [5, 5.41) is 3.89. The molecule has 0 aliphatic carbocycles.